The van der Waals surface area contributed by atoms with E-state index in [9.17, 15) is 9.50 Å². The molecule has 0 heterocycles. The Labute approximate surface area is 172 Å². The monoisotopic (exact) mass is 407 g/mol. The highest BCUT2D eigenvalue weighted by molar-refractivity contribution is 5.33. The predicted molar refractivity (Wildman–Crippen MR) is 113 cm³/mol. The van der Waals surface area contributed by atoms with Crippen molar-refractivity contribution >= 4 is 0 Å². The summed E-state index contributed by atoms with van der Waals surface area (Å²) in [7, 11) is 0. The van der Waals surface area contributed by atoms with Crippen LogP contribution in [-0.2, 0) is 4.89 Å². The van der Waals surface area contributed by atoms with Crippen LogP contribution in [-0.4, -0.2) is 36.1 Å². The minimum Gasteiger partial charge on any atom is -0.505 e. The van der Waals surface area contributed by atoms with Crippen LogP contribution in [0.5, 0.6) is 5.75 Å². The molecule has 1 aromatic rings. The van der Waals surface area contributed by atoms with Crippen LogP contribution in [0.1, 0.15) is 44.1 Å². The van der Waals surface area contributed by atoms with Crippen molar-refractivity contribution in [3.8, 4) is 5.75 Å². The average Bonchev–Trinajstić information content (AvgIpc) is 3.52. The fourth-order valence-corrected chi connectivity index (χ4v) is 3.69. The van der Waals surface area contributed by atoms with Gasteiger partial charge in [-0.1, -0.05) is 31.2 Å². The summed E-state index contributed by atoms with van der Waals surface area (Å²) in [4.78, 5) is 4.03. The third-order valence-electron chi connectivity index (χ3n) is 5.58. The Morgan fingerprint density at radius 2 is 2.17 bits per heavy atom. The minimum absolute atomic E-state index is 0.0450. The Hall–Kier alpha value is -1.93. The summed E-state index contributed by atoms with van der Waals surface area (Å²) >= 11 is 0. The molecule has 1 aromatic carbocycles. The third kappa shape index (κ3) is 7.44. The number of phenolic OH excluding ortho intramolecular Hbond substituents is 1. The van der Waals surface area contributed by atoms with Gasteiger partial charge in [-0.25, -0.2) is 9.28 Å². The van der Waals surface area contributed by atoms with Crippen LogP contribution >= 0.6 is 0 Å². The van der Waals surface area contributed by atoms with Gasteiger partial charge >= 0.3 is 0 Å². The second kappa shape index (κ2) is 11.9. The maximum Gasteiger partial charge on any atom is 0.168 e. The van der Waals surface area contributed by atoms with Crippen molar-refractivity contribution < 1.29 is 19.6 Å². The summed E-state index contributed by atoms with van der Waals surface area (Å²) in [6.45, 7) is 3.87. The van der Waals surface area contributed by atoms with E-state index < -0.39 is 5.82 Å². The maximum atomic E-state index is 14.6. The van der Waals surface area contributed by atoms with Gasteiger partial charge in [0, 0.05) is 6.04 Å². The molecule has 0 bridgehead atoms. The van der Waals surface area contributed by atoms with E-state index in [-0.39, 0.29) is 30.2 Å². The quantitative estimate of drug-likeness (QED) is 0.148. The standard InChI is InChI=1S/C22H34FN3O3/c1-15(12-20(25)17(13-24)4-3-11-29-28)18(9-10-26-14-16-7-8-16)19-5-2-6-21(27)22(19)23/h2-6,13,15-16,18,20,26-28H,7-12,14,24-25H2,1H3/b4-3-,17-13+. The van der Waals surface area contributed by atoms with Crippen molar-refractivity contribution in [3.05, 3.63) is 53.5 Å². The van der Waals surface area contributed by atoms with E-state index in [4.69, 9.17) is 16.7 Å². The van der Waals surface area contributed by atoms with E-state index >= 15 is 0 Å². The number of halogens is 1. The SMILES string of the molecule is CC(CC(N)C(/C=C\COO)=C/N)C(CCNCC1CC1)c1cccc(O)c1F. The molecule has 6 nitrogen and oxygen atoms in total. The average molecular weight is 408 g/mol. The van der Waals surface area contributed by atoms with Crippen molar-refractivity contribution in [2.75, 3.05) is 19.7 Å². The molecule has 0 spiro atoms. The summed E-state index contributed by atoms with van der Waals surface area (Å²) < 4.78 is 14.6. The molecule has 3 unspecified atom stereocenters. The zero-order chi connectivity index (χ0) is 21.2. The number of nitrogens with one attached hydrogen (secondary N) is 1. The largest absolute Gasteiger partial charge is 0.505 e. The number of aromatic hydroxyl groups is 1. The lowest BCUT2D eigenvalue weighted by Crippen LogP contribution is -2.29. The third-order valence-corrected chi connectivity index (χ3v) is 5.58. The highest BCUT2D eigenvalue weighted by atomic mass is 19.1. The summed E-state index contributed by atoms with van der Waals surface area (Å²) in [5.41, 5.74) is 13.3. The van der Waals surface area contributed by atoms with Crippen LogP contribution < -0.4 is 16.8 Å². The lowest BCUT2D eigenvalue weighted by molar-refractivity contribution is -0.231. The van der Waals surface area contributed by atoms with Crippen LogP contribution in [0.2, 0.25) is 0 Å². The van der Waals surface area contributed by atoms with Crippen molar-refractivity contribution in [2.45, 2.75) is 44.6 Å². The normalized spacial score (nSPS) is 18.1. The van der Waals surface area contributed by atoms with Gasteiger partial charge in [0.25, 0.3) is 0 Å². The molecule has 1 aliphatic carbocycles. The highest BCUT2D eigenvalue weighted by Crippen LogP contribution is 2.35. The fraction of sp³-hybridized carbons (Fsp3) is 0.545. The first-order valence-electron chi connectivity index (χ1n) is 10.3. The zero-order valence-electron chi connectivity index (χ0n) is 17.1. The van der Waals surface area contributed by atoms with Crippen molar-refractivity contribution in [2.24, 2.45) is 23.3 Å². The van der Waals surface area contributed by atoms with Gasteiger partial charge in [-0.3, -0.25) is 5.26 Å². The highest BCUT2D eigenvalue weighted by Gasteiger charge is 2.26. The summed E-state index contributed by atoms with van der Waals surface area (Å²) in [6, 6.07) is 4.43. The van der Waals surface area contributed by atoms with Gasteiger partial charge in [-0.2, -0.15) is 0 Å². The molecule has 162 valence electrons. The lowest BCUT2D eigenvalue weighted by Gasteiger charge is -2.28. The van der Waals surface area contributed by atoms with E-state index in [0.29, 0.717) is 12.0 Å². The first kappa shape index (κ1) is 23.3. The molecular formula is C22H34FN3O3. The van der Waals surface area contributed by atoms with E-state index in [1.54, 1.807) is 24.3 Å². The van der Waals surface area contributed by atoms with Crippen LogP contribution in [0.3, 0.4) is 0 Å². The molecule has 0 amide bonds. The molecule has 3 atom stereocenters. The Bertz CT molecular complexity index is 692. The van der Waals surface area contributed by atoms with Gasteiger partial charge in [0.1, 0.15) is 6.61 Å². The molecule has 0 saturated heterocycles. The molecule has 1 aliphatic rings. The number of hydrogen-bond acceptors (Lipinski definition) is 6. The van der Waals surface area contributed by atoms with Gasteiger partial charge in [-0.05, 0) is 79.9 Å². The predicted octanol–water partition coefficient (Wildman–Crippen LogP) is 3.25. The van der Waals surface area contributed by atoms with Gasteiger partial charge in [-0.15, -0.1) is 0 Å². The van der Waals surface area contributed by atoms with Crippen molar-refractivity contribution in [1.82, 2.24) is 5.32 Å². The Morgan fingerprint density at radius 1 is 1.41 bits per heavy atom. The second-order valence-corrected chi connectivity index (χ2v) is 7.91. The topological polar surface area (TPSA) is 114 Å². The Balaban J connectivity index is 2.07. The Kier molecular flexibility index (Phi) is 9.60. The molecular weight excluding hydrogens is 373 g/mol. The van der Waals surface area contributed by atoms with Gasteiger partial charge in [0.15, 0.2) is 11.6 Å². The molecule has 0 aliphatic heterocycles. The van der Waals surface area contributed by atoms with Crippen LogP contribution in [0, 0.1) is 17.7 Å². The summed E-state index contributed by atoms with van der Waals surface area (Å²) in [5, 5.41) is 21.7. The fourth-order valence-electron chi connectivity index (χ4n) is 3.69. The number of phenols is 1. The molecule has 7 heteroatoms. The van der Waals surface area contributed by atoms with Crippen LogP contribution in [0.4, 0.5) is 4.39 Å². The van der Waals surface area contributed by atoms with E-state index in [1.807, 2.05) is 6.92 Å². The van der Waals surface area contributed by atoms with E-state index in [0.717, 1.165) is 31.0 Å². The molecule has 0 aromatic heterocycles. The van der Waals surface area contributed by atoms with Crippen LogP contribution in [0.15, 0.2) is 42.1 Å². The van der Waals surface area contributed by atoms with Crippen LogP contribution in [0.25, 0.3) is 0 Å². The number of benzene rings is 1. The number of nitrogens with two attached hydrogens (primary N) is 2. The van der Waals surface area contributed by atoms with Gasteiger partial charge in [0.2, 0.25) is 0 Å². The molecule has 2 rings (SSSR count). The number of rotatable bonds is 13. The minimum atomic E-state index is -0.560. The molecule has 29 heavy (non-hydrogen) atoms. The summed E-state index contributed by atoms with van der Waals surface area (Å²) in [5.74, 6) is -0.145. The maximum absolute atomic E-state index is 14.6. The molecule has 7 N–H and O–H groups in total. The Morgan fingerprint density at radius 3 is 2.83 bits per heavy atom. The first-order valence-corrected chi connectivity index (χ1v) is 10.3. The van der Waals surface area contributed by atoms with Gasteiger partial charge < -0.3 is 21.9 Å². The molecule has 1 saturated carbocycles. The van der Waals surface area contributed by atoms with E-state index in [2.05, 4.69) is 10.2 Å². The first-order chi connectivity index (χ1) is 14.0. The van der Waals surface area contributed by atoms with Crippen molar-refractivity contribution in [3.63, 3.8) is 0 Å². The smallest absolute Gasteiger partial charge is 0.168 e. The summed E-state index contributed by atoms with van der Waals surface area (Å²) in [6.07, 6.45) is 8.68. The van der Waals surface area contributed by atoms with Crippen molar-refractivity contribution in [1.29, 1.82) is 0 Å². The molecule has 0 radical (unpaired) electrons. The lowest BCUT2D eigenvalue weighted by atomic mass is 9.80. The van der Waals surface area contributed by atoms with Gasteiger partial charge in [0.05, 0.1) is 0 Å². The molecule has 1 fully saturated rings. The van der Waals surface area contributed by atoms with E-state index in [1.165, 1.54) is 25.1 Å². The second-order valence-electron chi connectivity index (χ2n) is 7.91. The zero-order valence-corrected chi connectivity index (χ0v) is 17.1. The number of hydrogen-bond donors (Lipinski definition) is 5.